The van der Waals surface area contributed by atoms with E-state index in [4.69, 9.17) is 0 Å². The van der Waals surface area contributed by atoms with E-state index in [9.17, 15) is 9.59 Å². The van der Waals surface area contributed by atoms with E-state index in [1.165, 1.54) is 0 Å². The Morgan fingerprint density at radius 1 is 1.12 bits per heavy atom. The molecule has 0 unspecified atom stereocenters. The fourth-order valence-electron chi connectivity index (χ4n) is 3.19. The molecular weight excluding hydrogens is 332 g/mol. The molecule has 0 radical (unpaired) electrons. The predicted molar refractivity (Wildman–Crippen MR) is 102 cm³/mol. The van der Waals surface area contributed by atoms with E-state index >= 15 is 0 Å². The highest BCUT2D eigenvalue weighted by Gasteiger charge is 2.38. The number of carbonyl (C=O) groups is 2. The topological polar surface area (TPSA) is 49.4 Å². The number of likely N-dealkylation sites (N-methyl/N-ethyl adjacent to an activating group) is 1. The van der Waals surface area contributed by atoms with Gasteiger partial charge in [-0.05, 0) is 36.4 Å². The van der Waals surface area contributed by atoms with E-state index in [2.05, 4.69) is 12.2 Å². The number of nitrogens with one attached hydrogen (secondary N) is 1. The fraction of sp³-hybridized carbons (Fsp3) is 0.300. The average molecular weight is 354 g/mol. The van der Waals surface area contributed by atoms with E-state index in [-0.39, 0.29) is 11.8 Å². The van der Waals surface area contributed by atoms with Crippen LogP contribution in [0.2, 0.25) is 0 Å². The number of hydrogen-bond acceptors (Lipinski definition) is 3. The van der Waals surface area contributed by atoms with Gasteiger partial charge in [0.15, 0.2) is 0 Å². The molecular formula is C20H22N2O2S. The SMILES string of the molecule is CCNC(=O)[C@@H]1Cc2ccccc2N1C(=O)c1ccccc1SCC. The zero-order valence-corrected chi connectivity index (χ0v) is 15.3. The Morgan fingerprint density at radius 3 is 2.60 bits per heavy atom. The van der Waals surface area contributed by atoms with Gasteiger partial charge in [-0.25, -0.2) is 0 Å². The van der Waals surface area contributed by atoms with E-state index in [1.54, 1.807) is 16.7 Å². The number of thioether (sulfide) groups is 1. The number of amides is 2. The van der Waals surface area contributed by atoms with Crippen LogP contribution in [0.5, 0.6) is 0 Å². The molecule has 25 heavy (non-hydrogen) atoms. The Morgan fingerprint density at radius 2 is 1.84 bits per heavy atom. The smallest absolute Gasteiger partial charge is 0.260 e. The molecule has 4 nitrogen and oxygen atoms in total. The molecule has 3 rings (SSSR count). The summed E-state index contributed by atoms with van der Waals surface area (Å²) in [5.41, 5.74) is 2.52. The first-order valence-corrected chi connectivity index (χ1v) is 9.57. The van der Waals surface area contributed by atoms with E-state index in [1.807, 2.05) is 55.5 Å². The highest BCUT2D eigenvalue weighted by molar-refractivity contribution is 7.99. The lowest BCUT2D eigenvalue weighted by molar-refractivity contribution is -0.122. The minimum absolute atomic E-state index is 0.104. The van der Waals surface area contributed by atoms with Crippen LogP contribution in [0.15, 0.2) is 53.4 Å². The van der Waals surface area contributed by atoms with Crippen molar-refractivity contribution in [2.75, 3.05) is 17.2 Å². The van der Waals surface area contributed by atoms with Crippen LogP contribution in [0, 0.1) is 0 Å². The number of hydrogen-bond donors (Lipinski definition) is 1. The molecule has 1 atom stereocenters. The van der Waals surface area contributed by atoms with Crippen LogP contribution in [0.3, 0.4) is 0 Å². The van der Waals surface area contributed by atoms with Crippen LogP contribution in [0.25, 0.3) is 0 Å². The number of rotatable bonds is 5. The normalized spacial score (nSPS) is 15.8. The first-order chi connectivity index (χ1) is 12.2. The molecule has 5 heteroatoms. The van der Waals surface area contributed by atoms with Gasteiger partial charge >= 0.3 is 0 Å². The average Bonchev–Trinajstić information content (AvgIpc) is 3.02. The van der Waals surface area contributed by atoms with Gasteiger partial charge in [-0.2, -0.15) is 0 Å². The second kappa shape index (κ2) is 7.74. The van der Waals surface area contributed by atoms with Gasteiger partial charge in [0, 0.05) is 23.5 Å². The van der Waals surface area contributed by atoms with Crippen molar-refractivity contribution in [3.63, 3.8) is 0 Å². The van der Waals surface area contributed by atoms with Gasteiger partial charge in [-0.15, -0.1) is 11.8 Å². The van der Waals surface area contributed by atoms with E-state index in [0.29, 0.717) is 18.5 Å². The molecule has 2 amide bonds. The van der Waals surface area contributed by atoms with Crippen molar-refractivity contribution in [1.29, 1.82) is 0 Å². The molecule has 1 N–H and O–H groups in total. The third kappa shape index (κ3) is 3.42. The zero-order valence-electron chi connectivity index (χ0n) is 14.5. The maximum Gasteiger partial charge on any atom is 0.260 e. The molecule has 0 aliphatic carbocycles. The van der Waals surface area contributed by atoms with Crippen molar-refractivity contribution >= 4 is 29.3 Å². The van der Waals surface area contributed by atoms with Crippen LogP contribution in [-0.2, 0) is 11.2 Å². The third-order valence-corrected chi connectivity index (χ3v) is 5.22. The van der Waals surface area contributed by atoms with Crippen LogP contribution in [0.1, 0.15) is 29.8 Å². The summed E-state index contributed by atoms with van der Waals surface area (Å²) < 4.78 is 0. The van der Waals surface area contributed by atoms with Crippen molar-refractivity contribution in [2.24, 2.45) is 0 Å². The molecule has 2 aromatic rings. The summed E-state index contributed by atoms with van der Waals surface area (Å²) in [7, 11) is 0. The van der Waals surface area contributed by atoms with Crippen molar-refractivity contribution in [1.82, 2.24) is 5.32 Å². The Balaban J connectivity index is 2.02. The largest absolute Gasteiger partial charge is 0.355 e. The van der Waals surface area contributed by atoms with Gasteiger partial charge < -0.3 is 5.32 Å². The highest BCUT2D eigenvalue weighted by Crippen LogP contribution is 2.35. The van der Waals surface area contributed by atoms with Crippen molar-refractivity contribution in [2.45, 2.75) is 31.2 Å². The number of para-hydroxylation sites is 1. The minimum Gasteiger partial charge on any atom is -0.355 e. The van der Waals surface area contributed by atoms with Gasteiger partial charge in [0.25, 0.3) is 5.91 Å². The Bertz CT molecular complexity index is 791. The molecule has 1 aliphatic heterocycles. The van der Waals surface area contributed by atoms with Crippen LogP contribution < -0.4 is 10.2 Å². The minimum atomic E-state index is -0.496. The number of nitrogens with zero attached hydrogens (tertiary/aromatic N) is 1. The number of benzene rings is 2. The standard InChI is InChI=1S/C20H22N2O2S/c1-3-21-19(23)17-13-14-9-5-7-11-16(14)22(17)20(24)15-10-6-8-12-18(15)25-4-2/h5-12,17H,3-4,13H2,1-2H3,(H,21,23)/t17-/m0/s1. The maximum absolute atomic E-state index is 13.4. The van der Waals surface area contributed by atoms with Crippen LogP contribution in [-0.4, -0.2) is 30.2 Å². The van der Waals surface area contributed by atoms with Crippen molar-refractivity contribution in [3.8, 4) is 0 Å². The quantitative estimate of drug-likeness (QED) is 0.836. The maximum atomic E-state index is 13.4. The second-order valence-corrected chi connectivity index (χ2v) is 7.15. The summed E-state index contributed by atoms with van der Waals surface area (Å²) >= 11 is 1.64. The van der Waals surface area contributed by atoms with Gasteiger partial charge in [0.05, 0.1) is 5.56 Å². The Hall–Kier alpha value is -2.27. The highest BCUT2D eigenvalue weighted by atomic mass is 32.2. The Kier molecular flexibility index (Phi) is 5.43. The van der Waals surface area contributed by atoms with Crippen LogP contribution >= 0.6 is 11.8 Å². The molecule has 2 aromatic carbocycles. The molecule has 1 aliphatic rings. The van der Waals surface area contributed by atoms with Crippen molar-refractivity contribution < 1.29 is 9.59 Å². The lowest BCUT2D eigenvalue weighted by Crippen LogP contribution is -2.48. The van der Waals surface area contributed by atoms with E-state index in [0.717, 1.165) is 21.9 Å². The lowest BCUT2D eigenvalue weighted by Gasteiger charge is -2.25. The molecule has 0 spiro atoms. The zero-order chi connectivity index (χ0) is 17.8. The molecule has 0 bridgehead atoms. The van der Waals surface area contributed by atoms with Crippen molar-refractivity contribution in [3.05, 3.63) is 59.7 Å². The third-order valence-electron chi connectivity index (χ3n) is 4.27. The summed E-state index contributed by atoms with van der Waals surface area (Å²) in [6, 6.07) is 14.9. The molecule has 130 valence electrons. The molecule has 0 saturated carbocycles. The van der Waals surface area contributed by atoms with Gasteiger partial charge in [0.1, 0.15) is 6.04 Å². The Labute approximate surface area is 152 Å². The number of fused-ring (bicyclic) bond motifs is 1. The second-order valence-electron chi connectivity index (χ2n) is 5.85. The summed E-state index contributed by atoms with van der Waals surface area (Å²) in [5.74, 6) is 0.672. The monoisotopic (exact) mass is 354 g/mol. The lowest BCUT2D eigenvalue weighted by atomic mass is 10.1. The summed E-state index contributed by atoms with van der Waals surface area (Å²) in [5, 5.41) is 2.86. The molecule has 0 aromatic heterocycles. The van der Waals surface area contributed by atoms with Crippen LogP contribution in [0.4, 0.5) is 5.69 Å². The summed E-state index contributed by atoms with van der Waals surface area (Å²) in [6.07, 6.45) is 0.552. The summed E-state index contributed by atoms with van der Waals surface area (Å²) in [4.78, 5) is 28.5. The fourth-order valence-corrected chi connectivity index (χ4v) is 3.99. The predicted octanol–water partition coefficient (Wildman–Crippen LogP) is 3.51. The number of carbonyl (C=O) groups excluding carboxylic acids is 2. The first-order valence-electron chi connectivity index (χ1n) is 8.58. The van der Waals surface area contributed by atoms with E-state index < -0.39 is 6.04 Å². The van der Waals surface area contributed by atoms with Gasteiger partial charge in [-0.3, -0.25) is 14.5 Å². The van der Waals surface area contributed by atoms with Gasteiger partial charge in [0.2, 0.25) is 5.91 Å². The number of anilines is 1. The molecule has 0 fully saturated rings. The first kappa shape index (κ1) is 17.5. The van der Waals surface area contributed by atoms with Gasteiger partial charge in [-0.1, -0.05) is 37.3 Å². The molecule has 1 heterocycles. The summed E-state index contributed by atoms with van der Waals surface area (Å²) in [6.45, 7) is 4.50. The molecule has 0 saturated heterocycles.